The Morgan fingerprint density at radius 3 is 2.65 bits per heavy atom. The molecule has 4 nitrogen and oxygen atoms in total. The van der Waals surface area contributed by atoms with Crippen molar-refractivity contribution in [1.82, 2.24) is 0 Å². The summed E-state index contributed by atoms with van der Waals surface area (Å²) in [6.07, 6.45) is -3.77. The number of ether oxygens (including phenoxy) is 1. The van der Waals surface area contributed by atoms with E-state index in [4.69, 9.17) is 5.73 Å². The standard InChI is InChI=1S/C13H17F3N2O2/c1-2-6-18(11-5-3-4-10(17)7-11)12(19)8-20-9-13(14,15)16/h3-5,7H,2,6,8-9,17H2,1H3. The third-order valence-corrected chi connectivity index (χ3v) is 2.42. The number of nitrogens with zero attached hydrogens (tertiary/aromatic N) is 1. The molecule has 0 saturated heterocycles. The second-order valence-electron chi connectivity index (χ2n) is 4.25. The minimum absolute atomic E-state index is 0.387. The minimum atomic E-state index is -4.44. The molecule has 1 aromatic rings. The molecule has 0 heterocycles. The van der Waals surface area contributed by atoms with Gasteiger partial charge in [-0.25, -0.2) is 0 Å². The zero-order valence-corrected chi connectivity index (χ0v) is 11.1. The van der Waals surface area contributed by atoms with Crippen LogP contribution in [0.1, 0.15) is 13.3 Å². The average Bonchev–Trinajstić information content (AvgIpc) is 2.34. The number of nitrogens with two attached hydrogens (primary N) is 1. The van der Waals surface area contributed by atoms with Crippen molar-refractivity contribution >= 4 is 17.3 Å². The number of nitrogen functional groups attached to an aromatic ring is 1. The molecule has 20 heavy (non-hydrogen) atoms. The highest BCUT2D eigenvalue weighted by Crippen LogP contribution is 2.19. The van der Waals surface area contributed by atoms with Gasteiger partial charge in [0.1, 0.15) is 13.2 Å². The Bertz CT molecular complexity index is 449. The lowest BCUT2D eigenvalue weighted by atomic mass is 10.2. The number of rotatable bonds is 6. The maximum absolute atomic E-state index is 12.0. The summed E-state index contributed by atoms with van der Waals surface area (Å²) in [5, 5.41) is 0. The van der Waals surface area contributed by atoms with Crippen molar-refractivity contribution in [2.75, 3.05) is 30.4 Å². The number of anilines is 2. The van der Waals surface area contributed by atoms with E-state index in [9.17, 15) is 18.0 Å². The third kappa shape index (κ3) is 5.48. The predicted molar refractivity (Wildman–Crippen MR) is 70.4 cm³/mol. The number of alkyl halides is 3. The molecule has 2 N–H and O–H groups in total. The SMILES string of the molecule is CCCN(C(=O)COCC(F)(F)F)c1cccc(N)c1. The maximum Gasteiger partial charge on any atom is 0.411 e. The van der Waals surface area contributed by atoms with E-state index in [1.807, 2.05) is 6.92 Å². The smallest absolute Gasteiger partial charge is 0.399 e. The zero-order chi connectivity index (χ0) is 15.2. The van der Waals surface area contributed by atoms with Crippen molar-refractivity contribution in [3.63, 3.8) is 0 Å². The van der Waals surface area contributed by atoms with Gasteiger partial charge in [0.2, 0.25) is 0 Å². The number of benzene rings is 1. The van der Waals surface area contributed by atoms with Crippen LogP contribution in [0.15, 0.2) is 24.3 Å². The fourth-order valence-corrected chi connectivity index (χ4v) is 1.65. The highest BCUT2D eigenvalue weighted by atomic mass is 19.4. The lowest BCUT2D eigenvalue weighted by molar-refractivity contribution is -0.175. The maximum atomic E-state index is 12.0. The van der Waals surface area contributed by atoms with Crippen LogP contribution in [0.5, 0.6) is 0 Å². The highest BCUT2D eigenvalue weighted by molar-refractivity contribution is 5.94. The molecule has 0 aliphatic rings. The lowest BCUT2D eigenvalue weighted by Crippen LogP contribution is -2.35. The fourth-order valence-electron chi connectivity index (χ4n) is 1.65. The molecule has 1 rings (SSSR count). The van der Waals surface area contributed by atoms with Gasteiger partial charge < -0.3 is 15.4 Å². The van der Waals surface area contributed by atoms with Gasteiger partial charge in [0.25, 0.3) is 5.91 Å². The Hall–Kier alpha value is -1.76. The highest BCUT2D eigenvalue weighted by Gasteiger charge is 2.28. The molecule has 112 valence electrons. The van der Waals surface area contributed by atoms with E-state index < -0.39 is 25.3 Å². The number of halogens is 3. The van der Waals surface area contributed by atoms with Crippen molar-refractivity contribution in [1.29, 1.82) is 0 Å². The molecule has 0 atom stereocenters. The molecular weight excluding hydrogens is 273 g/mol. The van der Waals surface area contributed by atoms with E-state index in [1.54, 1.807) is 24.3 Å². The van der Waals surface area contributed by atoms with Gasteiger partial charge in [-0.2, -0.15) is 13.2 Å². The van der Waals surface area contributed by atoms with Gasteiger partial charge in [-0.05, 0) is 24.6 Å². The second kappa shape index (κ2) is 7.14. The molecule has 1 amide bonds. The van der Waals surface area contributed by atoms with Crippen LogP contribution in [0.4, 0.5) is 24.5 Å². The first-order chi connectivity index (χ1) is 9.33. The van der Waals surface area contributed by atoms with Crippen LogP contribution in [0, 0.1) is 0 Å². The molecular formula is C13H17F3N2O2. The normalized spacial score (nSPS) is 11.4. The summed E-state index contributed by atoms with van der Waals surface area (Å²) in [5.41, 5.74) is 6.66. The molecule has 0 unspecified atom stereocenters. The van der Waals surface area contributed by atoms with Crippen molar-refractivity contribution in [2.45, 2.75) is 19.5 Å². The first-order valence-electron chi connectivity index (χ1n) is 6.14. The molecule has 0 aliphatic heterocycles. The number of carbonyl (C=O) groups excluding carboxylic acids is 1. The van der Waals surface area contributed by atoms with E-state index in [-0.39, 0.29) is 0 Å². The van der Waals surface area contributed by atoms with Crippen LogP contribution in [0.3, 0.4) is 0 Å². The largest absolute Gasteiger partial charge is 0.411 e. The molecule has 0 radical (unpaired) electrons. The number of hydrogen-bond acceptors (Lipinski definition) is 3. The summed E-state index contributed by atoms with van der Waals surface area (Å²) in [6, 6.07) is 6.61. The molecule has 0 aromatic heterocycles. The van der Waals surface area contributed by atoms with Crippen LogP contribution < -0.4 is 10.6 Å². The van der Waals surface area contributed by atoms with Crippen molar-refractivity contribution in [2.24, 2.45) is 0 Å². The fraction of sp³-hybridized carbons (Fsp3) is 0.462. The third-order valence-electron chi connectivity index (χ3n) is 2.42. The van der Waals surface area contributed by atoms with Crippen LogP contribution in [0.25, 0.3) is 0 Å². The Balaban J connectivity index is 2.68. The summed E-state index contributed by atoms with van der Waals surface area (Å²) in [6.45, 7) is 0.199. The van der Waals surface area contributed by atoms with Crippen LogP contribution in [-0.2, 0) is 9.53 Å². The van der Waals surface area contributed by atoms with Gasteiger partial charge in [-0.15, -0.1) is 0 Å². The number of amides is 1. The first kappa shape index (κ1) is 16.3. The van der Waals surface area contributed by atoms with Gasteiger partial charge in [-0.3, -0.25) is 4.79 Å². The summed E-state index contributed by atoms with van der Waals surface area (Å²) < 4.78 is 40.3. The Kier molecular flexibility index (Phi) is 5.82. The first-order valence-corrected chi connectivity index (χ1v) is 6.14. The molecule has 7 heteroatoms. The Morgan fingerprint density at radius 2 is 2.10 bits per heavy atom. The van der Waals surface area contributed by atoms with Gasteiger partial charge in [-0.1, -0.05) is 13.0 Å². The lowest BCUT2D eigenvalue weighted by Gasteiger charge is -2.22. The zero-order valence-electron chi connectivity index (χ0n) is 11.1. The predicted octanol–water partition coefficient (Wildman–Crippen LogP) is 2.59. The van der Waals surface area contributed by atoms with Gasteiger partial charge in [0, 0.05) is 17.9 Å². The van der Waals surface area contributed by atoms with Crippen molar-refractivity contribution in [3.05, 3.63) is 24.3 Å². The van der Waals surface area contributed by atoms with E-state index in [0.29, 0.717) is 24.3 Å². The van der Waals surface area contributed by atoms with Gasteiger partial charge in [0.05, 0.1) is 0 Å². The molecule has 1 aromatic carbocycles. The average molecular weight is 290 g/mol. The second-order valence-corrected chi connectivity index (χ2v) is 4.25. The monoisotopic (exact) mass is 290 g/mol. The Labute approximate surface area is 115 Å². The molecule has 0 fully saturated rings. The summed E-state index contributed by atoms with van der Waals surface area (Å²) in [7, 11) is 0. The summed E-state index contributed by atoms with van der Waals surface area (Å²) in [4.78, 5) is 13.3. The van der Waals surface area contributed by atoms with Gasteiger partial charge in [0.15, 0.2) is 0 Å². The molecule has 0 bridgehead atoms. The van der Waals surface area contributed by atoms with Crippen molar-refractivity contribution in [3.8, 4) is 0 Å². The Morgan fingerprint density at radius 1 is 1.40 bits per heavy atom. The quantitative estimate of drug-likeness (QED) is 0.819. The minimum Gasteiger partial charge on any atom is -0.399 e. The van der Waals surface area contributed by atoms with Crippen LogP contribution in [0.2, 0.25) is 0 Å². The van der Waals surface area contributed by atoms with E-state index in [1.165, 1.54) is 4.90 Å². The molecule has 0 spiro atoms. The molecule has 0 saturated carbocycles. The molecule has 0 aliphatic carbocycles. The number of hydrogen-bond donors (Lipinski definition) is 1. The van der Waals surface area contributed by atoms with Crippen LogP contribution in [-0.4, -0.2) is 31.8 Å². The van der Waals surface area contributed by atoms with Crippen LogP contribution >= 0.6 is 0 Å². The van der Waals surface area contributed by atoms with E-state index in [0.717, 1.165) is 0 Å². The topological polar surface area (TPSA) is 55.6 Å². The van der Waals surface area contributed by atoms with Crippen molar-refractivity contribution < 1.29 is 22.7 Å². The van der Waals surface area contributed by atoms with E-state index in [2.05, 4.69) is 4.74 Å². The summed E-state index contributed by atoms with van der Waals surface area (Å²) in [5.74, 6) is -0.526. The number of carbonyl (C=O) groups is 1. The van der Waals surface area contributed by atoms with E-state index >= 15 is 0 Å². The van der Waals surface area contributed by atoms with Gasteiger partial charge >= 0.3 is 6.18 Å². The summed E-state index contributed by atoms with van der Waals surface area (Å²) >= 11 is 0.